The number of carboxylic acids is 1. The third-order valence-electron chi connectivity index (χ3n) is 3.60. The monoisotopic (exact) mass is 299 g/mol. The molecule has 2 aromatic rings. The van der Waals surface area contributed by atoms with E-state index >= 15 is 0 Å². The van der Waals surface area contributed by atoms with Gasteiger partial charge in [0.25, 0.3) is 0 Å². The maximum Gasteiger partial charge on any atom is 0.335 e. The Labute approximate surface area is 130 Å². The van der Waals surface area contributed by atoms with Gasteiger partial charge in [-0.05, 0) is 36.2 Å². The van der Waals surface area contributed by atoms with Crippen molar-refractivity contribution in [1.29, 1.82) is 0 Å². The van der Waals surface area contributed by atoms with Crippen molar-refractivity contribution in [3.8, 4) is 0 Å². The molecule has 0 aromatic heterocycles. The summed E-state index contributed by atoms with van der Waals surface area (Å²) in [6.07, 6.45) is 0.305. The molecule has 2 aromatic carbocycles. The fourth-order valence-electron chi connectivity index (χ4n) is 2.26. The molecule has 0 radical (unpaired) electrons. The molecule has 0 saturated carbocycles. The van der Waals surface area contributed by atoms with Gasteiger partial charge in [0.2, 0.25) is 0 Å². The van der Waals surface area contributed by atoms with Crippen LogP contribution in [-0.4, -0.2) is 28.8 Å². The van der Waals surface area contributed by atoms with Crippen LogP contribution in [0.5, 0.6) is 0 Å². The van der Waals surface area contributed by atoms with Crippen molar-refractivity contribution in [3.63, 3.8) is 0 Å². The topological polar surface area (TPSA) is 60.8 Å². The number of aliphatic hydroxyl groups is 1. The van der Waals surface area contributed by atoms with Crippen LogP contribution in [0.2, 0.25) is 0 Å². The lowest BCUT2D eigenvalue weighted by molar-refractivity contribution is 0.0697. The fraction of sp³-hybridized carbons (Fsp3) is 0.278. The van der Waals surface area contributed by atoms with Gasteiger partial charge < -0.3 is 15.1 Å². The molecular formula is C18H21NO3. The number of carboxylic acid groups (broad SMARTS) is 1. The number of aromatic carboxylic acids is 1. The van der Waals surface area contributed by atoms with E-state index in [1.54, 1.807) is 12.1 Å². The Hall–Kier alpha value is -2.33. The minimum Gasteiger partial charge on any atom is -0.478 e. The number of para-hydroxylation sites is 1. The smallest absolute Gasteiger partial charge is 0.335 e. The summed E-state index contributed by atoms with van der Waals surface area (Å²) in [5.74, 6) is -0.923. The number of hydrogen-bond acceptors (Lipinski definition) is 3. The quantitative estimate of drug-likeness (QED) is 0.824. The van der Waals surface area contributed by atoms with Gasteiger partial charge in [-0.1, -0.05) is 37.3 Å². The highest BCUT2D eigenvalue weighted by Crippen LogP contribution is 2.18. The summed E-state index contributed by atoms with van der Waals surface area (Å²) in [6.45, 7) is 3.12. The van der Waals surface area contributed by atoms with E-state index in [1.807, 2.05) is 49.4 Å². The van der Waals surface area contributed by atoms with E-state index in [0.29, 0.717) is 19.5 Å². The molecule has 2 rings (SSSR count). The minimum absolute atomic E-state index is 0.281. The van der Waals surface area contributed by atoms with E-state index < -0.39 is 12.1 Å². The first-order valence-electron chi connectivity index (χ1n) is 7.40. The first-order valence-corrected chi connectivity index (χ1v) is 7.40. The molecule has 0 aliphatic carbocycles. The second-order valence-corrected chi connectivity index (χ2v) is 5.28. The molecule has 0 saturated heterocycles. The van der Waals surface area contributed by atoms with E-state index in [2.05, 4.69) is 4.90 Å². The standard InChI is InChI=1S/C18H21NO3/c1-2-17(20)13-19(16-6-4-3-5-7-16)12-14-8-10-15(11-9-14)18(21)22/h3-11,17,20H,2,12-13H2,1H3,(H,21,22). The largest absolute Gasteiger partial charge is 0.478 e. The zero-order valence-corrected chi connectivity index (χ0v) is 12.6. The molecule has 2 N–H and O–H groups in total. The summed E-state index contributed by atoms with van der Waals surface area (Å²) in [4.78, 5) is 13.0. The summed E-state index contributed by atoms with van der Waals surface area (Å²) >= 11 is 0. The van der Waals surface area contributed by atoms with E-state index in [-0.39, 0.29) is 5.56 Å². The highest BCUT2D eigenvalue weighted by molar-refractivity contribution is 5.87. The van der Waals surface area contributed by atoms with Gasteiger partial charge in [-0.25, -0.2) is 4.79 Å². The van der Waals surface area contributed by atoms with Crippen LogP contribution >= 0.6 is 0 Å². The van der Waals surface area contributed by atoms with E-state index in [4.69, 9.17) is 5.11 Å². The third kappa shape index (κ3) is 4.33. The highest BCUT2D eigenvalue weighted by Gasteiger charge is 2.12. The van der Waals surface area contributed by atoms with Gasteiger partial charge in [0.15, 0.2) is 0 Å². The number of hydrogen-bond donors (Lipinski definition) is 2. The number of benzene rings is 2. The van der Waals surface area contributed by atoms with Gasteiger partial charge >= 0.3 is 5.97 Å². The highest BCUT2D eigenvalue weighted by atomic mass is 16.4. The van der Waals surface area contributed by atoms with Crippen LogP contribution in [0.25, 0.3) is 0 Å². The van der Waals surface area contributed by atoms with Crippen molar-refractivity contribution in [3.05, 3.63) is 65.7 Å². The first-order chi connectivity index (χ1) is 10.6. The Kier molecular flexibility index (Phi) is 5.55. The van der Waals surface area contributed by atoms with E-state index in [0.717, 1.165) is 11.3 Å². The lowest BCUT2D eigenvalue weighted by atomic mass is 10.1. The molecule has 22 heavy (non-hydrogen) atoms. The average molecular weight is 299 g/mol. The Morgan fingerprint density at radius 1 is 1.09 bits per heavy atom. The molecule has 0 amide bonds. The zero-order valence-electron chi connectivity index (χ0n) is 12.6. The fourth-order valence-corrected chi connectivity index (χ4v) is 2.26. The summed E-state index contributed by atoms with van der Waals surface area (Å²) in [5.41, 5.74) is 2.33. The van der Waals surface area contributed by atoms with Crippen molar-refractivity contribution < 1.29 is 15.0 Å². The maximum absolute atomic E-state index is 10.9. The Bertz CT molecular complexity index is 595. The van der Waals surface area contributed by atoms with Crippen molar-refractivity contribution >= 4 is 11.7 Å². The van der Waals surface area contributed by atoms with E-state index in [1.165, 1.54) is 0 Å². The summed E-state index contributed by atoms with van der Waals surface area (Å²) < 4.78 is 0. The summed E-state index contributed by atoms with van der Waals surface area (Å²) in [7, 11) is 0. The zero-order chi connectivity index (χ0) is 15.9. The van der Waals surface area contributed by atoms with Gasteiger partial charge in [0, 0.05) is 18.8 Å². The molecule has 4 nitrogen and oxygen atoms in total. The Morgan fingerprint density at radius 3 is 2.27 bits per heavy atom. The molecule has 4 heteroatoms. The molecule has 1 atom stereocenters. The van der Waals surface area contributed by atoms with Crippen LogP contribution in [0.1, 0.15) is 29.3 Å². The second kappa shape index (κ2) is 7.61. The maximum atomic E-state index is 10.9. The van der Waals surface area contributed by atoms with Crippen molar-refractivity contribution in [2.45, 2.75) is 26.0 Å². The molecule has 0 heterocycles. The van der Waals surface area contributed by atoms with E-state index in [9.17, 15) is 9.90 Å². The summed E-state index contributed by atoms with van der Waals surface area (Å²) in [6, 6.07) is 16.8. The predicted octanol–water partition coefficient (Wildman–Crippen LogP) is 3.16. The molecular weight excluding hydrogens is 278 g/mol. The van der Waals surface area contributed by atoms with Gasteiger partial charge in [0.05, 0.1) is 11.7 Å². The lowest BCUT2D eigenvalue weighted by Crippen LogP contribution is -2.31. The normalized spacial score (nSPS) is 11.9. The molecule has 0 spiro atoms. The molecule has 0 aliphatic heterocycles. The van der Waals surface area contributed by atoms with Crippen LogP contribution in [0.3, 0.4) is 0 Å². The van der Waals surface area contributed by atoms with Crippen molar-refractivity contribution in [1.82, 2.24) is 0 Å². The van der Waals surface area contributed by atoms with Crippen molar-refractivity contribution in [2.24, 2.45) is 0 Å². The minimum atomic E-state index is -0.923. The van der Waals surface area contributed by atoms with Gasteiger partial charge in [0.1, 0.15) is 0 Å². The second-order valence-electron chi connectivity index (χ2n) is 5.28. The average Bonchev–Trinajstić information content (AvgIpc) is 2.55. The predicted molar refractivity (Wildman–Crippen MR) is 87.2 cm³/mol. The molecule has 116 valence electrons. The number of nitrogens with zero attached hydrogens (tertiary/aromatic N) is 1. The summed E-state index contributed by atoms with van der Waals surface area (Å²) in [5, 5.41) is 18.9. The Balaban J connectivity index is 2.17. The molecule has 0 fully saturated rings. The van der Waals surface area contributed by atoms with Gasteiger partial charge in [-0.3, -0.25) is 0 Å². The Morgan fingerprint density at radius 2 is 1.73 bits per heavy atom. The molecule has 0 bridgehead atoms. The number of aliphatic hydroxyl groups excluding tert-OH is 1. The number of anilines is 1. The van der Waals surface area contributed by atoms with Crippen LogP contribution < -0.4 is 4.90 Å². The van der Waals surface area contributed by atoms with Gasteiger partial charge in [-0.2, -0.15) is 0 Å². The van der Waals surface area contributed by atoms with Crippen LogP contribution in [0.4, 0.5) is 5.69 Å². The van der Waals surface area contributed by atoms with Crippen LogP contribution in [-0.2, 0) is 6.54 Å². The first kappa shape index (κ1) is 16.0. The molecule has 0 aliphatic rings. The van der Waals surface area contributed by atoms with Crippen LogP contribution in [0, 0.1) is 0 Å². The number of rotatable bonds is 7. The molecule has 1 unspecified atom stereocenters. The van der Waals surface area contributed by atoms with Gasteiger partial charge in [-0.15, -0.1) is 0 Å². The van der Waals surface area contributed by atoms with Crippen molar-refractivity contribution in [2.75, 3.05) is 11.4 Å². The van der Waals surface area contributed by atoms with Crippen LogP contribution in [0.15, 0.2) is 54.6 Å². The lowest BCUT2D eigenvalue weighted by Gasteiger charge is -2.27. The number of carbonyl (C=O) groups is 1. The SMILES string of the molecule is CCC(O)CN(Cc1ccc(C(=O)O)cc1)c1ccccc1. The third-order valence-corrected chi connectivity index (χ3v) is 3.60.